The summed E-state index contributed by atoms with van der Waals surface area (Å²) in [6.45, 7) is 5.03. The minimum atomic E-state index is -0.377. The molecule has 1 fully saturated rings. The third-order valence-electron chi connectivity index (χ3n) is 4.02. The first-order valence-corrected chi connectivity index (χ1v) is 6.62. The Hall–Kier alpha value is -1.35. The van der Waals surface area contributed by atoms with E-state index in [9.17, 15) is 4.79 Å². The summed E-state index contributed by atoms with van der Waals surface area (Å²) < 4.78 is 0. The Balaban J connectivity index is 2.11. The van der Waals surface area contributed by atoms with Crippen molar-refractivity contribution in [3.8, 4) is 0 Å². The molecular weight excluding hydrogens is 224 g/mol. The molecule has 0 saturated carbocycles. The number of carbonyl (C=O) groups is 1. The highest BCUT2D eigenvalue weighted by molar-refractivity contribution is 5.86. The zero-order chi connectivity index (χ0) is 13.2. The van der Waals surface area contributed by atoms with Crippen LogP contribution in [0, 0.1) is 0 Å². The van der Waals surface area contributed by atoms with Gasteiger partial charge in [0.1, 0.15) is 0 Å². The number of hydrogen-bond acceptors (Lipinski definition) is 2. The van der Waals surface area contributed by atoms with E-state index in [0.29, 0.717) is 0 Å². The molecule has 0 radical (unpaired) electrons. The van der Waals surface area contributed by atoms with E-state index < -0.39 is 0 Å². The second kappa shape index (κ2) is 5.11. The summed E-state index contributed by atoms with van der Waals surface area (Å²) >= 11 is 0. The first-order valence-electron chi connectivity index (χ1n) is 6.62. The molecule has 0 aromatic heterocycles. The third-order valence-corrected chi connectivity index (χ3v) is 4.02. The van der Waals surface area contributed by atoms with Gasteiger partial charge in [0, 0.05) is 7.05 Å². The molecule has 3 nitrogen and oxygen atoms in total. The smallest absolute Gasteiger partial charge is 0.242 e. The molecule has 98 valence electrons. The van der Waals surface area contributed by atoms with Crippen LogP contribution in [-0.4, -0.2) is 29.9 Å². The van der Waals surface area contributed by atoms with Gasteiger partial charge < -0.3 is 10.2 Å². The van der Waals surface area contributed by atoms with Gasteiger partial charge in [-0.3, -0.25) is 4.79 Å². The molecular formula is C15H22N2O. The lowest BCUT2D eigenvalue weighted by Crippen LogP contribution is -2.52. The molecule has 0 unspecified atom stereocenters. The summed E-state index contributed by atoms with van der Waals surface area (Å²) in [6, 6.07) is 10.3. The molecule has 1 amide bonds. The largest absolute Gasteiger partial charge is 0.337 e. The van der Waals surface area contributed by atoms with Crippen LogP contribution < -0.4 is 5.32 Å². The van der Waals surface area contributed by atoms with Gasteiger partial charge in [0.05, 0.1) is 11.6 Å². The van der Waals surface area contributed by atoms with Gasteiger partial charge >= 0.3 is 0 Å². The molecule has 1 N–H and O–H groups in total. The van der Waals surface area contributed by atoms with E-state index in [2.05, 4.69) is 24.4 Å². The molecule has 0 aliphatic carbocycles. The lowest BCUT2D eigenvalue weighted by Gasteiger charge is -2.33. The van der Waals surface area contributed by atoms with E-state index in [0.717, 1.165) is 19.4 Å². The van der Waals surface area contributed by atoms with Crippen LogP contribution in [0.1, 0.15) is 38.3 Å². The number of nitrogens with zero attached hydrogens (tertiary/aromatic N) is 1. The van der Waals surface area contributed by atoms with Crippen molar-refractivity contribution in [2.75, 3.05) is 13.6 Å². The number of rotatable bonds is 3. The minimum Gasteiger partial charge on any atom is -0.337 e. The van der Waals surface area contributed by atoms with Crippen LogP contribution in [0.4, 0.5) is 0 Å². The normalized spacial score (nSPS) is 24.8. The quantitative estimate of drug-likeness (QED) is 0.888. The number of hydrogen-bond donors (Lipinski definition) is 1. The summed E-state index contributed by atoms with van der Waals surface area (Å²) in [5.41, 5.74) is 0.799. The van der Waals surface area contributed by atoms with Crippen LogP contribution in [0.5, 0.6) is 0 Å². The van der Waals surface area contributed by atoms with E-state index in [1.54, 1.807) is 0 Å². The van der Waals surface area contributed by atoms with Gasteiger partial charge in [0.15, 0.2) is 0 Å². The average molecular weight is 246 g/mol. The second-order valence-corrected chi connectivity index (χ2v) is 5.37. The average Bonchev–Trinajstić information content (AvgIpc) is 2.85. The fourth-order valence-electron chi connectivity index (χ4n) is 2.60. The number of nitrogens with one attached hydrogen (secondary N) is 1. The second-order valence-electron chi connectivity index (χ2n) is 5.37. The van der Waals surface area contributed by atoms with Crippen LogP contribution in [0.3, 0.4) is 0 Å². The number of amides is 1. The van der Waals surface area contributed by atoms with Crippen LogP contribution >= 0.6 is 0 Å². The van der Waals surface area contributed by atoms with Crippen molar-refractivity contribution < 1.29 is 4.79 Å². The molecule has 18 heavy (non-hydrogen) atoms. The summed E-state index contributed by atoms with van der Waals surface area (Å²) in [7, 11) is 1.89. The fraction of sp³-hybridized carbons (Fsp3) is 0.533. The van der Waals surface area contributed by atoms with E-state index in [-0.39, 0.29) is 17.5 Å². The Bertz CT molecular complexity index is 410. The van der Waals surface area contributed by atoms with Crippen LogP contribution in [-0.2, 0) is 4.79 Å². The van der Waals surface area contributed by atoms with E-state index >= 15 is 0 Å². The maximum atomic E-state index is 12.5. The van der Waals surface area contributed by atoms with Crippen molar-refractivity contribution in [3.63, 3.8) is 0 Å². The van der Waals surface area contributed by atoms with Crippen molar-refractivity contribution in [2.24, 2.45) is 0 Å². The molecule has 1 aromatic rings. The molecule has 1 aliphatic rings. The van der Waals surface area contributed by atoms with Gasteiger partial charge in [-0.1, -0.05) is 30.3 Å². The lowest BCUT2D eigenvalue weighted by molar-refractivity contribution is -0.137. The SMILES string of the molecule is C[C@H](c1ccccc1)N(C)C(=O)[C@@]1(C)CCCN1. The first kappa shape index (κ1) is 13.1. The number of likely N-dealkylation sites (N-methyl/N-ethyl adjacent to an activating group) is 1. The van der Waals surface area contributed by atoms with Crippen LogP contribution in [0.25, 0.3) is 0 Å². The fourth-order valence-corrected chi connectivity index (χ4v) is 2.60. The predicted molar refractivity (Wildman–Crippen MR) is 73.3 cm³/mol. The number of carbonyl (C=O) groups excluding carboxylic acids is 1. The zero-order valence-corrected chi connectivity index (χ0v) is 11.4. The Morgan fingerprint density at radius 1 is 1.39 bits per heavy atom. The monoisotopic (exact) mass is 246 g/mol. The van der Waals surface area contributed by atoms with E-state index in [4.69, 9.17) is 0 Å². The lowest BCUT2D eigenvalue weighted by atomic mass is 9.97. The van der Waals surface area contributed by atoms with Crippen LogP contribution in [0.15, 0.2) is 30.3 Å². The van der Waals surface area contributed by atoms with Gasteiger partial charge in [-0.25, -0.2) is 0 Å². The van der Waals surface area contributed by atoms with Gasteiger partial charge in [-0.05, 0) is 38.8 Å². The van der Waals surface area contributed by atoms with Crippen molar-refractivity contribution in [1.82, 2.24) is 10.2 Å². The maximum Gasteiger partial charge on any atom is 0.242 e. The molecule has 1 aliphatic heterocycles. The summed E-state index contributed by atoms with van der Waals surface area (Å²) in [6.07, 6.45) is 2.01. The Kier molecular flexibility index (Phi) is 3.71. The number of benzene rings is 1. The molecule has 2 rings (SSSR count). The first-order chi connectivity index (χ1) is 8.54. The molecule has 2 atom stereocenters. The van der Waals surface area contributed by atoms with Crippen molar-refractivity contribution >= 4 is 5.91 Å². The predicted octanol–water partition coefficient (Wildman–Crippen LogP) is 2.35. The molecule has 3 heteroatoms. The van der Waals surface area contributed by atoms with E-state index in [1.807, 2.05) is 37.1 Å². The minimum absolute atomic E-state index is 0.109. The van der Waals surface area contributed by atoms with Gasteiger partial charge in [0.25, 0.3) is 0 Å². The standard InChI is InChI=1S/C15H22N2O/c1-12(13-8-5-4-6-9-13)17(3)14(18)15(2)10-7-11-16-15/h4-6,8-9,12,16H,7,10-11H2,1-3H3/t12-,15-/m1/s1. The highest BCUT2D eigenvalue weighted by Gasteiger charge is 2.39. The molecule has 0 spiro atoms. The summed E-state index contributed by atoms with van der Waals surface area (Å²) in [5.74, 6) is 0.191. The molecule has 1 heterocycles. The highest BCUT2D eigenvalue weighted by atomic mass is 16.2. The Morgan fingerprint density at radius 2 is 2.06 bits per heavy atom. The van der Waals surface area contributed by atoms with Crippen molar-refractivity contribution in [3.05, 3.63) is 35.9 Å². The maximum absolute atomic E-state index is 12.5. The van der Waals surface area contributed by atoms with Crippen molar-refractivity contribution in [2.45, 2.75) is 38.3 Å². The van der Waals surface area contributed by atoms with Crippen LogP contribution in [0.2, 0.25) is 0 Å². The molecule has 1 saturated heterocycles. The van der Waals surface area contributed by atoms with E-state index in [1.165, 1.54) is 5.56 Å². The zero-order valence-electron chi connectivity index (χ0n) is 11.4. The van der Waals surface area contributed by atoms with Gasteiger partial charge in [0.2, 0.25) is 5.91 Å². The summed E-state index contributed by atoms with van der Waals surface area (Å²) in [4.78, 5) is 14.4. The topological polar surface area (TPSA) is 32.3 Å². The third kappa shape index (κ3) is 2.41. The highest BCUT2D eigenvalue weighted by Crippen LogP contribution is 2.26. The Morgan fingerprint density at radius 3 is 2.61 bits per heavy atom. The van der Waals surface area contributed by atoms with Gasteiger partial charge in [-0.15, -0.1) is 0 Å². The molecule has 0 bridgehead atoms. The Labute approximate surface area is 109 Å². The molecule has 1 aromatic carbocycles. The summed E-state index contributed by atoms with van der Waals surface area (Å²) in [5, 5.41) is 3.33. The van der Waals surface area contributed by atoms with Gasteiger partial charge in [-0.2, -0.15) is 0 Å². The van der Waals surface area contributed by atoms with Crippen molar-refractivity contribution in [1.29, 1.82) is 0 Å².